The molecule has 2 aliphatic heterocycles. The molecule has 0 radical (unpaired) electrons. The van der Waals surface area contributed by atoms with Gasteiger partial charge >= 0.3 is 0 Å². The van der Waals surface area contributed by atoms with Crippen LogP contribution in [-0.2, 0) is 16.8 Å². The standard InChI is InChI=1S/C39H55N5O2/c1-3-44(36-21-27-43(28-22-36)30-32-29-41-23-19-37(32)46-2)25-14-6-4-5-13-24-42-26-20-35(31-42)39(38(40)45,33-15-9-7-10-16-33)34-17-11-8-12-18-34/h7-12,15-19,23,29,35-36H,3-6,13-14,20-22,24-28,30-31H2,1-2H3,(H2,40,45)/t35-/m1/s1. The summed E-state index contributed by atoms with van der Waals surface area (Å²) < 4.78 is 5.53. The Morgan fingerprint density at radius 2 is 1.52 bits per heavy atom. The van der Waals surface area contributed by atoms with Gasteiger partial charge < -0.3 is 20.3 Å². The summed E-state index contributed by atoms with van der Waals surface area (Å²) in [6.07, 6.45) is 13.5. The monoisotopic (exact) mass is 625 g/mol. The van der Waals surface area contributed by atoms with E-state index >= 15 is 0 Å². The Morgan fingerprint density at radius 1 is 0.891 bits per heavy atom. The molecule has 0 aliphatic carbocycles. The first-order chi connectivity index (χ1) is 22.6. The lowest BCUT2D eigenvalue weighted by atomic mass is 9.64. The third-order valence-corrected chi connectivity index (χ3v) is 10.6. The molecule has 3 aromatic rings. The third-order valence-electron chi connectivity index (χ3n) is 10.6. The number of amides is 1. The molecule has 7 heteroatoms. The summed E-state index contributed by atoms with van der Waals surface area (Å²) in [5, 5.41) is 0. The Balaban J connectivity index is 1.01. The van der Waals surface area contributed by atoms with Crippen LogP contribution in [0.3, 0.4) is 0 Å². The van der Waals surface area contributed by atoms with Crippen LogP contribution in [0.25, 0.3) is 0 Å². The third kappa shape index (κ3) is 8.17. The minimum Gasteiger partial charge on any atom is -0.496 e. The van der Waals surface area contributed by atoms with Gasteiger partial charge in [-0.2, -0.15) is 0 Å². The second-order valence-corrected chi connectivity index (χ2v) is 13.3. The van der Waals surface area contributed by atoms with Gasteiger partial charge in [0.2, 0.25) is 5.91 Å². The number of rotatable bonds is 17. The molecule has 248 valence electrons. The summed E-state index contributed by atoms with van der Waals surface area (Å²) in [5.74, 6) is 0.863. The first-order valence-electron chi connectivity index (χ1n) is 17.6. The van der Waals surface area contributed by atoms with E-state index in [4.69, 9.17) is 10.5 Å². The number of carbonyl (C=O) groups excluding carboxylic acids is 1. The van der Waals surface area contributed by atoms with Crippen LogP contribution in [0.5, 0.6) is 5.75 Å². The lowest BCUT2D eigenvalue weighted by molar-refractivity contribution is -0.123. The predicted molar refractivity (Wildman–Crippen MR) is 187 cm³/mol. The number of likely N-dealkylation sites (tertiary alicyclic amines) is 2. The number of unbranched alkanes of at least 4 members (excludes halogenated alkanes) is 4. The van der Waals surface area contributed by atoms with Crippen molar-refractivity contribution in [1.82, 2.24) is 19.7 Å². The summed E-state index contributed by atoms with van der Waals surface area (Å²) in [4.78, 5) is 25.5. The fraction of sp³-hybridized carbons (Fsp3) is 0.538. The molecule has 0 spiro atoms. The van der Waals surface area contributed by atoms with E-state index in [9.17, 15) is 4.79 Å². The largest absolute Gasteiger partial charge is 0.496 e. The Morgan fingerprint density at radius 3 is 2.15 bits per heavy atom. The lowest BCUT2D eigenvalue weighted by Crippen LogP contribution is -2.49. The molecule has 0 saturated carbocycles. The second-order valence-electron chi connectivity index (χ2n) is 13.3. The molecule has 2 saturated heterocycles. The van der Waals surface area contributed by atoms with Crippen LogP contribution in [0, 0.1) is 5.92 Å². The van der Waals surface area contributed by atoms with Crippen molar-refractivity contribution in [2.24, 2.45) is 11.7 Å². The number of piperidine rings is 1. The lowest BCUT2D eigenvalue weighted by Gasteiger charge is -2.38. The van der Waals surface area contributed by atoms with E-state index in [-0.39, 0.29) is 11.8 Å². The fourth-order valence-corrected chi connectivity index (χ4v) is 8.11. The molecule has 2 aliphatic rings. The molecule has 2 aromatic carbocycles. The summed E-state index contributed by atoms with van der Waals surface area (Å²) in [7, 11) is 1.74. The van der Waals surface area contributed by atoms with Crippen molar-refractivity contribution < 1.29 is 9.53 Å². The van der Waals surface area contributed by atoms with Crippen molar-refractivity contribution in [3.63, 3.8) is 0 Å². The maximum absolute atomic E-state index is 13.3. The number of ether oxygens (including phenoxy) is 1. The summed E-state index contributed by atoms with van der Waals surface area (Å²) in [6, 6.07) is 23.0. The fourth-order valence-electron chi connectivity index (χ4n) is 8.11. The van der Waals surface area contributed by atoms with Gasteiger partial charge in [-0.3, -0.25) is 14.7 Å². The van der Waals surface area contributed by atoms with E-state index in [1.807, 2.05) is 48.7 Å². The van der Waals surface area contributed by atoms with Crippen LogP contribution >= 0.6 is 0 Å². The number of nitrogens with two attached hydrogens (primary N) is 1. The molecule has 1 atom stereocenters. The van der Waals surface area contributed by atoms with Crippen LogP contribution in [-0.4, -0.2) is 84.6 Å². The van der Waals surface area contributed by atoms with Gasteiger partial charge in [0.15, 0.2) is 0 Å². The van der Waals surface area contributed by atoms with E-state index in [1.165, 1.54) is 57.1 Å². The molecule has 0 unspecified atom stereocenters. The van der Waals surface area contributed by atoms with Crippen LogP contribution in [0.15, 0.2) is 79.1 Å². The number of benzene rings is 2. The molecular weight excluding hydrogens is 570 g/mol. The zero-order valence-corrected chi connectivity index (χ0v) is 28.2. The molecule has 5 rings (SSSR count). The number of nitrogens with zero attached hydrogens (tertiary/aromatic N) is 4. The maximum atomic E-state index is 13.3. The van der Waals surface area contributed by atoms with E-state index < -0.39 is 5.41 Å². The highest BCUT2D eigenvalue weighted by molar-refractivity contribution is 5.91. The Kier molecular flexibility index (Phi) is 12.6. The van der Waals surface area contributed by atoms with Crippen molar-refractivity contribution >= 4 is 5.91 Å². The van der Waals surface area contributed by atoms with Gasteiger partial charge in [0.1, 0.15) is 11.2 Å². The molecule has 7 nitrogen and oxygen atoms in total. The minimum absolute atomic E-state index is 0.167. The minimum atomic E-state index is -0.800. The van der Waals surface area contributed by atoms with Crippen LogP contribution in [0.2, 0.25) is 0 Å². The zero-order chi connectivity index (χ0) is 32.2. The molecule has 2 fully saturated rings. The molecule has 1 aromatic heterocycles. The van der Waals surface area contributed by atoms with Crippen molar-refractivity contribution in [2.45, 2.75) is 76.3 Å². The van der Waals surface area contributed by atoms with Gasteiger partial charge in [0, 0.05) is 37.1 Å². The zero-order valence-electron chi connectivity index (χ0n) is 28.2. The Bertz CT molecular complexity index is 1290. The highest BCUT2D eigenvalue weighted by Crippen LogP contribution is 2.43. The summed E-state index contributed by atoms with van der Waals surface area (Å²) in [5.41, 5.74) is 8.69. The van der Waals surface area contributed by atoms with Gasteiger partial charge in [0.05, 0.1) is 7.11 Å². The normalized spacial score (nSPS) is 18.3. The molecule has 2 N–H and O–H groups in total. The Hall–Kier alpha value is -3.26. The van der Waals surface area contributed by atoms with Gasteiger partial charge in [0.25, 0.3) is 0 Å². The average Bonchev–Trinajstić information content (AvgIpc) is 3.57. The number of hydrogen-bond acceptors (Lipinski definition) is 6. The quantitative estimate of drug-likeness (QED) is 0.182. The summed E-state index contributed by atoms with van der Waals surface area (Å²) in [6.45, 7) is 10.9. The first kappa shape index (κ1) is 34.1. The van der Waals surface area contributed by atoms with E-state index in [0.717, 1.165) is 69.1 Å². The van der Waals surface area contributed by atoms with Gasteiger partial charge in [-0.15, -0.1) is 0 Å². The van der Waals surface area contributed by atoms with Gasteiger partial charge in [-0.1, -0.05) is 86.8 Å². The topological polar surface area (TPSA) is 74.9 Å². The smallest absolute Gasteiger partial charge is 0.232 e. The van der Waals surface area contributed by atoms with Crippen molar-refractivity contribution in [3.8, 4) is 5.75 Å². The maximum Gasteiger partial charge on any atom is 0.232 e. The molecule has 0 bridgehead atoms. The van der Waals surface area contributed by atoms with Crippen LogP contribution in [0.4, 0.5) is 0 Å². The predicted octanol–water partition coefficient (Wildman–Crippen LogP) is 6.12. The summed E-state index contributed by atoms with van der Waals surface area (Å²) >= 11 is 0. The first-order valence-corrected chi connectivity index (χ1v) is 17.6. The number of hydrogen-bond donors (Lipinski definition) is 1. The van der Waals surface area contributed by atoms with Crippen molar-refractivity contribution in [2.75, 3.05) is 52.9 Å². The number of pyridine rings is 1. The molecular formula is C39H55N5O2. The van der Waals surface area contributed by atoms with Crippen LogP contribution in [0.1, 0.15) is 75.0 Å². The van der Waals surface area contributed by atoms with Gasteiger partial charge in [-0.25, -0.2) is 0 Å². The van der Waals surface area contributed by atoms with E-state index in [1.54, 1.807) is 13.3 Å². The molecule has 1 amide bonds. The number of carbonyl (C=O) groups is 1. The van der Waals surface area contributed by atoms with Crippen molar-refractivity contribution in [1.29, 1.82) is 0 Å². The van der Waals surface area contributed by atoms with E-state index in [2.05, 4.69) is 50.9 Å². The average molecular weight is 626 g/mol. The highest BCUT2D eigenvalue weighted by atomic mass is 16.5. The number of aromatic nitrogens is 1. The Labute approximate surface area is 277 Å². The van der Waals surface area contributed by atoms with Crippen LogP contribution < -0.4 is 10.5 Å². The number of methoxy groups -OCH3 is 1. The van der Waals surface area contributed by atoms with Crippen molar-refractivity contribution in [3.05, 3.63) is 95.8 Å². The van der Waals surface area contributed by atoms with E-state index in [0.29, 0.717) is 6.04 Å². The number of primary amides is 1. The molecule has 3 heterocycles. The molecule has 46 heavy (non-hydrogen) atoms. The second kappa shape index (κ2) is 17.1. The highest BCUT2D eigenvalue weighted by Gasteiger charge is 2.49. The van der Waals surface area contributed by atoms with Gasteiger partial charge in [-0.05, 0) is 94.5 Å². The SMILES string of the molecule is CCN(CCCCCCCN1CC[C@@H](C(C(N)=O)(c2ccccc2)c2ccccc2)C1)C1CCN(Cc2cnccc2OC)CC1.